The number of carbonyl (C=O) groups excluding carboxylic acids is 1. The topological polar surface area (TPSA) is 26.3 Å². The van der Waals surface area contributed by atoms with E-state index in [-0.39, 0.29) is 17.5 Å². The molecule has 14 heavy (non-hydrogen) atoms. The summed E-state index contributed by atoms with van der Waals surface area (Å²) in [6.45, 7) is 5.70. The van der Waals surface area contributed by atoms with Gasteiger partial charge < -0.3 is 4.74 Å². The molecule has 0 fully saturated rings. The van der Waals surface area contributed by atoms with E-state index < -0.39 is 0 Å². The molecule has 0 aromatic carbocycles. The standard InChI is InChI=1S/C11H17BrO2/c1-11(2,3)14-10(13)8-5-4-6-9(12)7-8/h6,8H,4-5,7H2,1-3H3/t8-/m0/s1. The molecule has 0 amide bonds. The molecule has 80 valence electrons. The monoisotopic (exact) mass is 260 g/mol. The highest BCUT2D eigenvalue weighted by Crippen LogP contribution is 2.29. The van der Waals surface area contributed by atoms with Crippen LogP contribution in [0.2, 0.25) is 0 Å². The Hall–Kier alpha value is -0.310. The maximum absolute atomic E-state index is 11.7. The van der Waals surface area contributed by atoms with Crippen LogP contribution in [0.25, 0.3) is 0 Å². The summed E-state index contributed by atoms with van der Waals surface area (Å²) in [7, 11) is 0. The van der Waals surface area contributed by atoms with Gasteiger partial charge in [-0.3, -0.25) is 4.79 Å². The molecule has 0 unspecified atom stereocenters. The lowest BCUT2D eigenvalue weighted by Gasteiger charge is -2.25. The van der Waals surface area contributed by atoms with Crippen molar-refractivity contribution in [1.29, 1.82) is 0 Å². The fourth-order valence-corrected chi connectivity index (χ4v) is 2.07. The van der Waals surface area contributed by atoms with Crippen LogP contribution in [0.3, 0.4) is 0 Å². The Bertz CT molecular complexity index is 251. The van der Waals surface area contributed by atoms with Crippen LogP contribution in [-0.2, 0) is 9.53 Å². The van der Waals surface area contributed by atoms with Gasteiger partial charge in [-0.15, -0.1) is 0 Å². The molecule has 0 heterocycles. The van der Waals surface area contributed by atoms with Crippen molar-refractivity contribution >= 4 is 21.9 Å². The van der Waals surface area contributed by atoms with E-state index in [4.69, 9.17) is 4.74 Å². The molecule has 2 nitrogen and oxygen atoms in total. The molecule has 0 aromatic heterocycles. The third-order valence-electron chi connectivity index (χ3n) is 2.06. The van der Waals surface area contributed by atoms with E-state index in [0.29, 0.717) is 0 Å². The molecule has 0 bridgehead atoms. The average molecular weight is 261 g/mol. The maximum Gasteiger partial charge on any atom is 0.309 e. The van der Waals surface area contributed by atoms with E-state index in [1.54, 1.807) is 0 Å². The molecule has 0 spiro atoms. The van der Waals surface area contributed by atoms with Gasteiger partial charge in [-0.25, -0.2) is 0 Å². The Morgan fingerprint density at radius 2 is 2.21 bits per heavy atom. The van der Waals surface area contributed by atoms with Crippen LogP contribution in [0.1, 0.15) is 40.0 Å². The van der Waals surface area contributed by atoms with Gasteiger partial charge in [0.25, 0.3) is 0 Å². The number of allylic oxidation sites excluding steroid dienone is 2. The summed E-state index contributed by atoms with van der Waals surface area (Å²) >= 11 is 3.43. The summed E-state index contributed by atoms with van der Waals surface area (Å²) in [4.78, 5) is 11.7. The number of ether oxygens (including phenoxy) is 1. The van der Waals surface area contributed by atoms with Crippen LogP contribution in [-0.4, -0.2) is 11.6 Å². The zero-order chi connectivity index (χ0) is 10.8. The van der Waals surface area contributed by atoms with Crippen LogP contribution in [0.4, 0.5) is 0 Å². The van der Waals surface area contributed by atoms with Crippen LogP contribution < -0.4 is 0 Å². The Balaban J connectivity index is 2.50. The summed E-state index contributed by atoms with van der Waals surface area (Å²) in [5, 5.41) is 0. The van der Waals surface area contributed by atoms with Gasteiger partial charge in [0.05, 0.1) is 5.92 Å². The molecule has 0 saturated carbocycles. The molecule has 0 aliphatic heterocycles. The van der Waals surface area contributed by atoms with Crippen molar-refractivity contribution < 1.29 is 9.53 Å². The molecule has 0 saturated heterocycles. The van der Waals surface area contributed by atoms with Crippen molar-refractivity contribution in [2.24, 2.45) is 5.92 Å². The number of hydrogen-bond acceptors (Lipinski definition) is 2. The predicted molar refractivity (Wildman–Crippen MR) is 60.2 cm³/mol. The third-order valence-corrected chi connectivity index (χ3v) is 2.71. The highest BCUT2D eigenvalue weighted by Gasteiger charge is 2.26. The van der Waals surface area contributed by atoms with Gasteiger partial charge in [0.1, 0.15) is 5.60 Å². The summed E-state index contributed by atoms with van der Waals surface area (Å²) in [5.74, 6) is -0.0313. The second-order valence-corrected chi connectivity index (χ2v) is 5.68. The van der Waals surface area contributed by atoms with Crippen molar-refractivity contribution in [3.63, 3.8) is 0 Å². The summed E-state index contributed by atoms with van der Waals surface area (Å²) in [6, 6.07) is 0. The van der Waals surface area contributed by atoms with E-state index in [1.807, 2.05) is 20.8 Å². The van der Waals surface area contributed by atoms with Gasteiger partial charge in [0.15, 0.2) is 0 Å². The van der Waals surface area contributed by atoms with Crippen molar-refractivity contribution in [3.05, 3.63) is 10.6 Å². The molecule has 3 heteroatoms. The lowest BCUT2D eigenvalue weighted by Crippen LogP contribution is -2.29. The Morgan fingerprint density at radius 1 is 1.57 bits per heavy atom. The minimum Gasteiger partial charge on any atom is -0.460 e. The van der Waals surface area contributed by atoms with Gasteiger partial charge in [-0.1, -0.05) is 22.0 Å². The van der Waals surface area contributed by atoms with Crippen LogP contribution in [0.15, 0.2) is 10.6 Å². The number of hydrogen-bond donors (Lipinski definition) is 0. The van der Waals surface area contributed by atoms with Crippen molar-refractivity contribution in [2.75, 3.05) is 0 Å². The van der Waals surface area contributed by atoms with E-state index in [2.05, 4.69) is 22.0 Å². The van der Waals surface area contributed by atoms with E-state index in [1.165, 1.54) is 0 Å². The number of carbonyl (C=O) groups is 1. The summed E-state index contributed by atoms with van der Waals surface area (Å²) < 4.78 is 6.46. The van der Waals surface area contributed by atoms with Gasteiger partial charge in [0, 0.05) is 0 Å². The van der Waals surface area contributed by atoms with Gasteiger partial charge >= 0.3 is 5.97 Å². The van der Waals surface area contributed by atoms with Crippen molar-refractivity contribution in [2.45, 2.75) is 45.6 Å². The Labute approximate surface area is 93.8 Å². The predicted octanol–water partition coefficient (Wildman–Crippen LogP) is 3.41. The minimum atomic E-state index is -0.370. The van der Waals surface area contributed by atoms with E-state index in [9.17, 15) is 4.79 Å². The zero-order valence-electron chi connectivity index (χ0n) is 8.97. The average Bonchev–Trinajstić information content (AvgIpc) is 2.01. The molecular weight excluding hydrogens is 244 g/mol. The van der Waals surface area contributed by atoms with Crippen LogP contribution in [0.5, 0.6) is 0 Å². The SMILES string of the molecule is CC(C)(C)OC(=O)[C@H]1CCC=C(Br)C1. The largest absolute Gasteiger partial charge is 0.460 e. The van der Waals surface area contributed by atoms with Gasteiger partial charge in [-0.05, 0) is 44.5 Å². The first-order valence-electron chi connectivity index (χ1n) is 4.96. The van der Waals surface area contributed by atoms with Crippen molar-refractivity contribution in [3.8, 4) is 0 Å². The fourth-order valence-electron chi connectivity index (χ4n) is 1.45. The smallest absolute Gasteiger partial charge is 0.309 e. The van der Waals surface area contributed by atoms with E-state index in [0.717, 1.165) is 23.7 Å². The first-order valence-corrected chi connectivity index (χ1v) is 5.75. The zero-order valence-corrected chi connectivity index (χ0v) is 10.6. The maximum atomic E-state index is 11.7. The van der Waals surface area contributed by atoms with Crippen LogP contribution in [0, 0.1) is 5.92 Å². The molecule has 1 atom stereocenters. The fraction of sp³-hybridized carbons (Fsp3) is 0.727. The Morgan fingerprint density at radius 3 is 2.71 bits per heavy atom. The second kappa shape index (κ2) is 4.47. The first-order chi connectivity index (χ1) is 6.38. The molecule has 0 N–H and O–H groups in total. The van der Waals surface area contributed by atoms with E-state index >= 15 is 0 Å². The highest BCUT2D eigenvalue weighted by molar-refractivity contribution is 9.11. The molecule has 1 rings (SSSR count). The quantitative estimate of drug-likeness (QED) is 0.676. The lowest BCUT2D eigenvalue weighted by atomic mass is 9.94. The van der Waals surface area contributed by atoms with Crippen LogP contribution >= 0.6 is 15.9 Å². The minimum absolute atomic E-state index is 0.0357. The summed E-state index contributed by atoms with van der Waals surface area (Å²) in [5.41, 5.74) is -0.370. The summed E-state index contributed by atoms with van der Waals surface area (Å²) in [6.07, 6.45) is 4.78. The lowest BCUT2D eigenvalue weighted by molar-refractivity contribution is -0.160. The first kappa shape index (κ1) is 11.8. The second-order valence-electron chi connectivity index (χ2n) is 4.66. The van der Waals surface area contributed by atoms with Crippen molar-refractivity contribution in [1.82, 2.24) is 0 Å². The third kappa shape index (κ3) is 3.82. The number of halogens is 1. The normalized spacial score (nSPS) is 22.9. The molecule has 1 aliphatic carbocycles. The molecule has 1 aliphatic rings. The molecule has 0 radical (unpaired) electrons. The molecular formula is C11H17BrO2. The van der Waals surface area contributed by atoms with Gasteiger partial charge in [-0.2, -0.15) is 0 Å². The molecule has 0 aromatic rings. The number of rotatable bonds is 1. The Kier molecular flexibility index (Phi) is 3.76. The highest BCUT2D eigenvalue weighted by atomic mass is 79.9. The van der Waals surface area contributed by atoms with Gasteiger partial charge in [0.2, 0.25) is 0 Å². The number of esters is 1.